The van der Waals surface area contributed by atoms with Gasteiger partial charge in [-0.15, -0.1) is 0 Å². The van der Waals surface area contributed by atoms with Gasteiger partial charge in [-0.3, -0.25) is 4.79 Å². The van der Waals surface area contributed by atoms with Crippen LogP contribution in [0.25, 0.3) is 5.69 Å². The van der Waals surface area contributed by atoms with E-state index in [1.807, 2.05) is 50.4 Å². The molecule has 1 aliphatic rings. The van der Waals surface area contributed by atoms with Crippen molar-refractivity contribution in [2.24, 2.45) is 0 Å². The van der Waals surface area contributed by atoms with Gasteiger partial charge in [-0.05, 0) is 25.1 Å². The van der Waals surface area contributed by atoms with Gasteiger partial charge in [0, 0.05) is 12.6 Å². The van der Waals surface area contributed by atoms with Crippen molar-refractivity contribution in [3.05, 3.63) is 52.3 Å². The molecule has 0 unspecified atom stereocenters. The first-order valence-corrected chi connectivity index (χ1v) is 6.34. The van der Waals surface area contributed by atoms with E-state index < -0.39 is 0 Å². The number of nitrogens with zero attached hydrogens (tertiary/aromatic N) is 2. The van der Waals surface area contributed by atoms with Crippen LogP contribution in [0.3, 0.4) is 0 Å². The van der Waals surface area contributed by atoms with Gasteiger partial charge in [0.2, 0.25) is 5.88 Å². The summed E-state index contributed by atoms with van der Waals surface area (Å²) < 4.78 is 7.39. The summed E-state index contributed by atoms with van der Waals surface area (Å²) in [7, 11) is 2.01. The third kappa shape index (κ3) is 1.89. The Bertz CT molecular complexity index is 662. The molecule has 3 rings (SSSR count). The van der Waals surface area contributed by atoms with Crippen LogP contribution in [0.4, 0.5) is 5.69 Å². The number of aromatic nitrogens is 1. The standard InChI is InChI=1S/C15H16N2O2/c1-11-10-13-15(19-9-8-16(13)2)17(14(11)18)12-6-4-3-5-7-12/h3-7,10H,8-9H2,1-2H3. The fourth-order valence-corrected chi connectivity index (χ4v) is 2.33. The third-order valence-electron chi connectivity index (χ3n) is 3.41. The van der Waals surface area contributed by atoms with Crippen molar-refractivity contribution < 1.29 is 4.74 Å². The van der Waals surface area contributed by atoms with Gasteiger partial charge in [0.25, 0.3) is 5.56 Å². The van der Waals surface area contributed by atoms with Crippen LogP contribution in [0.5, 0.6) is 5.88 Å². The average Bonchev–Trinajstić information content (AvgIpc) is 2.42. The summed E-state index contributed by atoms with van der Waals surface area (Å²) in [5.74, 6) is 0.635. The quantitative estimate of drug-likeness (QED) is 0.782. The number of aryl methyl sites for hydroxylation is 1. The molecule has 2 aromatic rings. The Hall–Kier alpha value is -2.23. The van der Waals surface area contributed by atoms with Gasteiger partial charge in [-0.25, -0.2) is 4.57 Å². The normalized spacial score (nSPS) is 13.9. The van der Waals surface area contributed by atoms with Crippen LogP contribution in [0.1, 0.15) is 5.56 Å². The largest absolute Gasteiger partial charge is 0.475 e. The molecule has 19 heavy (non-hydrogen) atoms. The first-order chi connectivity index (χ1) is 9.18. The summed E-state index contributed by atoms with van der Waals surface area (Å²) in [5, 5.41) is 0. The second-order valence-electron chi connectivity index (χ2n) is 4.76. The summed E-state index contributed by atoms with van der Waals surface area (Å²) >= 11 is 0. The molecule has 0 saturated carbocycles. The molecule has 0 N–H and O–H groups in total. The number of fused-ring (bicyclic) bond motifs is 1. The summed E-state index contributed by atoms with van der Waals surface area (Å²) in [6.07, 6.45) is 0. The number of hydrogen-bond donors (Lipinski definition) is 0. The highest BCUT2D eigenvalue weighted by Crippen LogP contribution is 2.31. The van der Waals surface area contributed by atoms with E-state index in [0.717, 1.165) is 23.5 Å². The molecule has 0 spiro atoms. The molecule has 0 bridgehead atoms. The second-order valence-corrected chi connectivity index (χ2v) is 4.76. The van der Waals surface area contributed by atoms with Gasteiger partial charge in [-0.2, -0.15) is 0 Å². The maximum Gasteiger partial charge on any atom is 0.260 e. The molecule has 0 atom stereocenters. The predicted octanol–water partition coefficient (Wildman–Crippen LogP) is 1.97. The van der Waals surface area contributed by atoms with Crippen molar-refractivity contribution in [1.29, 1.82) is 0 Å². The number of likely N-dealkylation sites (N-methyl/N-ethyl adjacent to an activating group) is 1. The molecule has 4 heteroatoms. The molecular weight excluding hydrogens is 240 g/mol. The van der Waals surface area contributed by atoms with Crippen molar-refractivity contribution in [3.63, 3.8) is 0 Å². The Morgan fingerprint density at radius 3 is 2.68 bits per heavy atom. The van der Waals surface area contributed by atoms with Crippen LogP contribution in [0.2, 0.25) is 0 Å². The van der Waals surface area contributed by atoms with E-state index >= 15 is 0 Å². The maximum atomic E-state index is 12.4. The summed E-state index contributed by atoms with van der Waals surface area (Å²) in [6.45, 7) is 3.27. The summed E-state index contributed by atoms with van der Waals surface area (Å²) in [4.78, 5) is 14.5. The molecular formula is C15H16N2O2. The lowest BCUT2D eigenvalue weighted by Crippen LogP contribution is -2.34. The second kappa shape index (κ2) is 4.46. The lowest BCUT2D eigenvalue weighted by molar-refractivity contribution is 0.290. The van der Waals surface area contributed by atoms with Crippen molar-refractivity contribution in [2.45, 2.75) is 6.92 Å². The van der Waals surface area contributed by atoms with Gasteiger partial charge in [-0.1, -0.05) is 18.2 Å². The van der Waals surface area contributed by atoms with Crippen LogP contribution >= 0.6 is 0 Å². The first-order valence-electron chi connectivity index (χ1n) is 6.34. The molecule has 0 radical (unpaired) electrons. The zero-order chi connectivity index (χ0) is 13.4. The molecule has 4 nitrogen and oxygen atoms in total. The minimum absolute atomic E-state index is 0.0275. The van der Waals surface area contributed by atoms with E-state index in [1.54, 1.807) is 4.57 Å². The predicted molar refractivity (Wildman–Crippen MR) is 75.5 cm³/mol. The van der Waals surface area contributed by atoms with Crippen molar-refractivity contribution in [1.82, 2.24) is 4.57 Å². The number of para-hydroxylation sites is 1. The lowest BCUT2D eigenvalue weighted by atomic mass is 10.2. The van der Waals surface area contributed by atoms with Crippen LogP contribution in [-0.2, 0) is 0 Å². The highest BCUT2D eigenvalue weighted by atomic mass is 16.5. The van der Waals surface area contributed by atoms with Gasteiger partial charge in [0.05, 0.1) is 17.9 Å². The Morgan fingerprint density at radius 1 is 1.21 bits per heavy atom. The molecule has 2 heterocycles. The molecule has 1 aliphatic heterocycles. The molecule has 0 fully saturated rings. The number of anilines is 1. The highest BCUT2D eigenvalue weighted by Gasteiger charge is 2.21. The number of ether oxygens (including phenoxy) is 1. The van der Waals surface area contributed by atoms with Gasteiger partial charge < -0.3 is 9.64 Å². The van der Waals surface area contributed by atoms with E-state index in [9.17, 15) is 4.79 Å². The number of rotatable bonds is 1. The van der Waals surface area contributed by atoms with Crippen molar-refractivity contribution in [3.8, 4) is 11.6 Å². The smallest absolute Gasteiger partial charge is 0.260 e. The lowest BCUT2D eigenvalue weighted by Gasteiger charge is -2.29. The Morgan fingerprint density at radius 2 is 1.95 bits per heavy atom. The van der Waals surface area contributed by atoms with E-state index in [2.05, 4.69) is 4.90 Å². The van der Waals surface area contributed by atoms with Crippen molar-refractivity contribution in [2.75, 3.05) is 25.1 Å². The van der Waals surface area contributed by atoms with Crippen molar-refractivity contribution >= 4 is 5.69 Å². The average molecular weight is 256 g/mol. The summed E-state index contributed by atoms with van der Waals surface area (Å²) in [5.41, 5.74) is 2.50. The molecule has 1 aromatic heterocycles. The fraction of sp³-hybridized carbons (Fsp3) is 0.267. The van der Waals surface area contributed by atoms with Gasteiger partial charge >= 0.3 is 0 Å². The van der Waals surface area contributed by atoms with E-state index in [4.69, 9.17) is 4.74 Å². The zero-order valence-corrected chi connectivity index (χ0v) is 11.1. The fourth-order valence-electron chi connectivity index (χ4n) is 2.33. The SMILES string of the molecule is Cc1cc2c(n(-c3ccccc3)c1=O)OCCN2C. The molecule has 0 amide bonds. The Balaban J connectivity index is 2.32. The first kappa shape index (κ1) is 11.8. The molecule has 1 aromatic carbocycles. The number of pyridine rings is 1. The van der Waals surface area contributed by atoms with Crippen LogP contribution in [-0.4, -0.2) is 24.8 Å². The highest BCUT2D eigenvalue weighted by molar-refractivity contribution is 5.60. The monoisotopic (exact) mass is 256 g/mol. The van der Waals surface area contributed by atoms with Crippen LogP contribution in [0, 0.1) is 6.92 Å². The Kier molecular flexibility index (Phi) is 2.78. The summed E-state index contributed by atoms with van der Waals surface area (Å²) in [6, 6.07) is 11.5. The van der Waals surface area contributed by atoms with E-state index in [0.29, 0.717) is 12.5 Å². The number of benzene rings is 1. The minimum Gasteiger partial charge on any atom is -0.475 e. The molecule has 98 valence electrons. The van der Waals surface area contributed by atoms with Gasteiger partial charge in [0.15, 0.2) is 0 Å². The Labute approximate surface area is 111 Å². The zero-order valence-electron chi connectivity index (χ0n) is 11.1. The van der Waals surface area contributed by atoms with E-state index in [1.165, 1.54) is 0 Å². The van der Waals surface area contributed by atoms with Crippen LogP contribution in [0.15, 0.2) is 41.2 Å². The van der Waals surface area contributed by atoms with E-state index in [-0.39, 0.29) is 5.56 Å². The van der Waals surface area contributed by atoms with Crippen LogP contribution < -0.4 is 15.2 Å². The maximum absolute atomic E-state index is 12.4. The minimum atomic E-state index is -0.0275. The third-order valence-corrected chi connectivity index (χ3v) is 3.41. The van der Waals surface area contributed by atoms with Gasteiger partial charge in [0.1, 0.15) is 6.61 Å². The molecule has 0 saturated heterocycles. The molecule has 0 aliphatic carbocycles. The number of hydrogen-bond acceptors (Lipinski definition) is 3. The topological polar surface area (TPSA) is 34.5 Å².